The summed E-state index contributed by atoms with van der Waals surface area (Å²) in [4.78, 5) is 11.7. The fourth-order valence-corrected chi connectivity index (χ4v) is 1.60. The van der Waals surface area contributed by atoms with Gasteiger partial charge in [-0.25, -0.2) is 4.39 Å². The summed E-state index contributed by atoms with van der Waals surface area (Å²) in [6.45, 7) is 1.87. The van der Waals surface area contributed by atoms with Gasteiger partial charge in [0.05, 0.1) is 11.6 Å². The third-order valence-corrected chi connectivity index (χ3v) is 2.78. The fourth-order valence-electron chi connectivity index (χ4n) is 1.17. The van der Waals surface area contributed by atoms with Crippen LogP contribution in [-0.4, -0.2) is 11.9 Å². The fraction of sp³-hybridized carbons (Fsp3) is 0.250. The zero-order valence-corrected chi connectivity index (χ0v) is 10.3. The molecule has 0 aromatic heterocycles. The van der Waals surface area contributed by atoms with E-state index in [4.69, 9.17) is 6.42 Å². The molecule has 0 saturated heterocycles. The molecule has 0 spiro atoms. The zero-order valence-electron chi connectivity index (χ0n) is 8.76. The highest BCUT2D eigenvalue weighted by Gasteiger charge is 2.13. The van der Waals surface area contributed by atoms with Gasteiger partial charge in [0.15, 0.2) is 0 Å². The number of terminal acetylenes is 1. The van der Waals surface area contributed by atoms with Crippen LogP contribution < -0.4 is 5.32 Å². The number of halogens is 2. The Bertz CT molecular complexity index is 439. The zero-order chi connectivity index (χ0) is 12.1. The Labute approximate surface area is 102 Å². The predicted molar refractivity (Wildman–Crippen MR) is 64.5 cm³/mol. The second-order valence-corrected chi connectivity index (χ2v) is 4.08. The standard InChI is InChI=1S/C12H11BrFNO/c1-3-9(4-2)15-12(16)10-7-8(14)5-6-11(10)13/h1,5-7,9H,4H2,2H3,(H,15,16). The lowest BCUT2D eigenvalue weighted by molar-refractivity contribution is 0.0944. The maximum atomic E-state index is 13.0. The molecule has 0 fully saturated rings. The molecule has 0 heterocycles. The van der Waals surface area contributed by atoms with Gasteiger partial charge in [0.25, 0.3) is 5.91 Å². The van der Waals surface area contributed by atoms with E-state index in [9.17, 15) is 9.18 Å². The summed E-state index contributed by atoms with van der Waals surface area (Å²) in [5, 5.41) is 2.63. The van der Waals surface area contributed by atoms with Crippen LogP contribution in [0.2, 0.25) is 0 Å². The molecule has 0 bridgehead atoms. The van der Waals surface area contributed by atoms with Crippen molar-refractivity contribution in [2.45, 2.75) is 19.4 Å². The minimum Gasteiger partial charge on any atom is -0.338 e. The van der Waals surface area contributed by atoms with E-state index in [0.29, 0.717) is 10.9 Å². The smallest absolute Gasteiger partial charge is 0.253 e. The van der Waals surface area contributed by atoms with Crippen molar-refractivity contribution in [3.05, 3.63) is 34.1 Å². The van der Waals surface area contributed by atoms with E-state index in [0.717, 1.165) is 0 Å². The molecular formula is C12H11BrFNO. The molecule has 0 aliphatic heterocycles. The lowest BCUT2D eigenvalue weighted by Gasteiger charge is -2.11. The highest BCUT2D eigenvalue weighted by atomic mass is 79.9. The first-order valence-electron chi connectivity index (χ1n) is 4.80. The van der Waals surface area contributed by atoms with Crippen molar-refractivity contribution < 1.29 is 9.18 Å². The van der Waals surface area contributed by atoms with Crippen LogP contribution in [0.15, 0.2) is 22.7 Å². The van der Waals surface area contributed by atoms with Crippen LogP contribution in [0.25, 0.3) is 0 Å². The van der Waals surface area contributed by atoms with Crippen LogP contribution in [-0.2, 0) is 0 Å². The van der Waals surface area contributed by atoms with Crippen LogP contribution in [0, 0.1) is 18.2 Å². The number of hydrogen-bond donors (Lipinski definition) is 1. The first-order chi connectivity index (χ1) is 7.58. The highest BCUT2D eigenvalue weighted by molar-refractivity contribution is 9.10. The average molecular weight is 284 g/mol. The summed E-state index contributed by atoms with van der Waals surface area (Å²) >= 11 is 3.19. The molecule has 0 saturated carbocycles. The maximum absolute atomic E-state index is 13.0. The number of hydrogen-bond acceptors (Lipinski definition) is 1. The van der Waals surface area contributed by atoms with E-state index >= 15 is 0 Å². The summed E-state index contributed by atoms with van der Waals surface area (Å²) < 4.78 is 13.5. The highest BCUT2D eigenvalue weighted by Crippen LogP contribution is 2.17. The van der Waals surface area contributed by atoms with Gasteiger partial charge >= 0.3 is 0 Å². The van der Waals surface area contributed by atoms with Crippen LogP contribution in [0.5, 0.6) is 0 Å². The minimum absolute atomic E-state index is 0.244. The Morgan fingerprint density at radius 2 is 2.38 bits per heavy atom. The van der Waals surface area contributed by atoms with Crippen molar-refractivity contribution in [1.82, 2.24) is 5.32 Å². The molecule has 16 heavy (non-hydrogen) atoms. The predicted octanol–water partition coefficient (Wildman–Crippen LogP) is 2.73. The Kier molecular flexibility index (Phi) is 4.51. The van der Waals surface area contributed by atoms with Gasteiger partial charge in [0.1, 0.15) is 5.82 Å². The first-order valence-corrected chi connectivity index (χ1v) is 5.59. The molecular weight excluding hydrogens is 273 g/mol. The van der Waals surface area contributed by atoms with E-state index in [1.54, 1.807) is 0 Å². The molecule has 0 radical (unpaired) electrons. The normalized spacial score (nSPS) is 11.6. The van der Waals surface area contributed by atoms with E-state index in [1.807, 2.05) is 6.92 Å². The number of benzene rings is 1. The van der Waals surface area contributed by atoms with Gasteiger partial charge in [0.2, 0.25) is 0 Å². The molecule has 1 aromatic rings. The van der Waals surface area contributed by atoms with Gasteiger partial charge < -0.3 is 5.32 Å². The maximum Gasteiger partial charge on any atom is 0.253 e. The van der Waals surface area contributed by atoms with Crippen LogP contribution >= 0.6 is 15.9 Å². The number of amides is 1. The van der Waals surface area contributed by atoms with Crippen LogP contribution in [0.4, 0.5) is 4.39 Å². The summed E-state index contributed by atoms with van der Waals surface area (Å²) in [6, 6.07) is 3.60. The third-order valence-electron chi connectivity index (χ3n) is 2.09. The molecule has 1 unspecified atom stereocenters. The number of carbonyl (C=O) groups is 1. The van der Waals surface area contributed by atoms with Crippen LogP contribution in [0.1, 0.15) is 23.7 Å². The van der Waals surface area contributed by atoms with Gasteiger partial charge in [0, 0.05) is 4.47 Å². The van der Waals surface area contributed by atoms with Crippen molar-refractivity contribution in [2.75, 3.05) is 0 Å². The minimum atomic E-state index is -0.456. The third kappa shape index (κ3) is 3.07. The summed E-state index contributed by atoms with van der Waals surface area (Å²) in [7, 11) is 0. The number of rotatable bonds is 3. The molecule has 1 N–H and O–H groups in total. The van der Waals surface area contributed by atoms with Crippen molar-refractivity contribution in [2.24, 2.45) is 0 Å². The van der Waals surface area contributed by atoms with Crippen molar-refractivity contribution >= 4 is 21.8 Å². The van der Waals surface area contributed by atoms with E-state index in [2.05, 4.69) is 27.2 Å². The SMILES string of the molecule is C#CC(CC)NC(=O)c1cc(F)ccc1Br. The van der Waals surface area contributed by atoms with Crippen molar-refractivity contribution in [3.63, 3.8) is 0 Å². The second kappa shape index (κ2) is 5.66. The van der Waals surface area contributed by atoms with Gasteiger partial charge in [-0.05, 0) is 40.5 Å². The monoisotopic (exact) mass is 283 g/mol. The van der Waals surface area contributed by atoms with Crippen molar-refractivity contribution in [3.8, 4) is 12.3 Å². The summed E-state index contributed by atoms with van der Waals surface area (Å²) in [6.07, 6.45) is 5.86. The Morgan fingerprint density at radius 1 is 1.69 bits per heavy atom. The van der Waals surface area contributed by atoms with E-state index < -0.39 is 5.82 Å². The van der Waals surface area contributed by atoms with E-state index in [1.165, 1.54) is 18.2 Å². The quantitative estimate of drug-likeness (QED) is 0.850. The van der Waals surface area contributed by atoms with Gasteiger partial charge in [-0.15, -0.1) is 6.42 Å². The molecule has 1 amide bonds. The van der Waals surface area contributed by atoms with Gasteiger partial charge in [-0.2, -0.15) is 0 Å². The molecule has 1 aromatic carbocycles. The molecule has 84 valence electrons. The topological polar surface area (TPSA) is 29.1 Å². The Morgan fingerprint density at radius 3 is 2.94 bits per heavy atom. The average Bonchev–Trinajstić information content (AvgIpc) is 2.28. The Hall–Kier alpha value is -1.34. The summed E-state index contributed by atoms with van der Waals surface area (Å²) in [5.74, 6) is 1.61. The molecule has 4 heteroatoms. The lowest BCUT2D eigenvalue weighted by atomic mass is 10.1. The number of carbonyl (C=O) groups excluding carboxylic acids is 1. The summed E-state index contributed by atoms with van der Waals surface area (Å²) in [5.41, 5.74) is 0.244. The lowest BCUT2D eigenvalue weighted by Crippen LogP contribution is -2.33. The number of nitrogens with one attached hydrogen (secondary N) is 1. The first kappa shape index (κ1) is 12.7. The molecule has 1 rings (SSSR count). The largest absolute Gasteiger partial charge is 0.338 e. The van der Waals surface area contributed by atoms with Crippen molar-refractivity contribution in [1.29, 1.82) is 0 Å². The van der Waals surface area contributed by atoms with Gasteiger partial charge in [-0.1, -0.05) is 12.8 Å². The van der Waals surface area contributed by atoms with E-state index in [-0.39, 0.29) is 17.5 Å². The molecule has 1 atom stereocenters. The van der Waals surface area contributed by atoms with Crippen LogP contribution in [0.3, 0.4) is 0 Å². The second-order valence-electron chi connectivity index (χ2n) is 3.23. The molecule has 0 aliphatic rings. The van der Waals surface area contributed by atoms with Gasteiger partial charge in [-0.3, -0.25) is 4.79 Å². The molecule has 2 nitrogen and oxygen atoms in total. The Balaban J connectivity index is 2.89. The molecule has 0 aliphatic carbocycles.